The van der Waals surface area contributed by atoms with Crippen molar-refractivity contribution >= 4 is 5.97 Å². The van der Waals surface area contributed by atoms with E-state index in [2.05, 4.69) is 6.92 Å². The summed E-state index contributed by atoms with van der Waals surface area (Å²) in [6, 6.07) is 9.09. The van der Waals surface area contributed by atoms with Crippen LogP contribution in [-0.4, -0.2) is 45.7 Å². The highest BCUT2D eigenvalue weighted by atomic mass is 16.5. The topological polar surface area (TPSA) is 87.0 Å². The van der Waals surface area contributed by atoms with Gasteiger partial charge in [-0.1, -0.05) is 32.0 Å². The zero-order chi connectivity index (χ0) is 22.9. The van der Waals surface area contributed by atoms with E-state index >= 15 is 0 Å². The van der Waals surface area contributed by atoms with Crippen LogP contribution in [0.3, 0.4) is 0 Å². The van der Waals surface area contributed by atoms with Crippen molar-refractivity contribution in [1.29, 1.82) is 0 Å². The van der Waals surface area contributed by atoms with Crippen LogP contribution < -0.4 is 0 Å². The van der Waals surface area contributed by atoms with Crippen LogP contribution in [0.2, 0.25) is 0 Å². The van der Waals surface area contributed by atoms with Crippen LogP contribution in [-0.2, 0) is 4.74 Å². The number of hydrogen-bond acceptors (Lipinski definition) is 5. The van der Waals surface area contributed by atoms with Crippen LogP contribution >= 0.6 is 0 Å². The summed E-state index contributed by atoms with van der Waals surface area (Å²) in [5.74, 6) is 0.181. The number of benzene rings is 1. The Hall–Kier alpha value is -1.43. The Bertz CT molecular complexity index is 883. The molecule has 0 heterocycles. The third-order valence-electron chi connectivity index (χ3n) is 10.6. The molecule has 0 saturated heterocycles. The second-order valence-corrected chi connectivity index (χ2v) is 12.0. The molecule has 4 saturated carbocycles. The van der Waals surface area contributed by atoms with Gasteiger partial charge in [-0.3, -0.25) is 0 Å². The van der Waals surface area contributed by atoms with Crippen LogP contribution in [0.25, 0.3) is 0 Å². The normalized spacial score (nSPS) is 49.8. The average molecular weight is 443 g/mol. The van der Waals surface area contributed by atoms with Gasteiger partial charge in [0.2, 0.25) is 0 Å². The van der Waals surface area contributed by atoms with Gasteiger partial charge in [0.05, 0.1) is 23.9 Å². The number of fused-ring (bicyclic) bond motifs is 2. The number of carbonyl (C=O) groups is 1. The number of carbonyl (C=O) groups excluding carboxylic acids is 1. The van der Waals surface area contributed by atoms with Gasteiger partial charge in [0.15, 0.2) is 0 Å². The Labute approximate surface area is 191 Å². The molecule has 9 atom stereocenters. The predicted octanol–water partition coefficient (Wildman–Crippen LogP) is 3.95. The highest BCUT2D eigenvalue weighted by Crippen LogP contribution is 2.75. The zero-order valence-corrected chi connectivity index (χ0v) is 19.6. The van der Waals surface area contributed by atoms with E-state index in [0.717, 1.165) is 38.5 Å². The van der Waals surface area contributed by atoms with E-state index < -0.39 is 17.1 Å². The first kappa shape index (κ1) is 22.4. The lowest BCUT2D eigenvalue weighted by Gasteiger charge is -2.67. The van der Waals surface area contributed by atoms with Crippen molar-refractivity contribution in [2.45, 2.75) is 83.5 Å². The standard InChI is InChI=1S/C27H38O5/c1-24(16-28)21(29)9-10-25(2)22(24)20(32-23(30)17-7-5-4-6-8-17)14-18-13-19-15-27(18,25)12-11-26(19,3)31/h4-8,18-22,28-29,31H,9-16H2,1-3H3/t18-,19?,20-,21-,22?,24-,25+,26-,27?/m1/s1. The molecule has 3 N–H and O–H groups in total. The fourth-order valence-corrected chi connectivity index (χ4v) is 8.79. The maximum atomic E-state index is 13.1. The fraction of sp³-hybridized carbons (Fsp3) is 0.741. The lowest BCUT2D eigenvalue weighted by atomic mass is 9.38. The number of aliphatic hydroxyl groups excluding tert-OH is 2. The van der Waals surface area contributed by atoms with Gasteiger partial charge in [-0.15, -0.1) is 0 Å². The molecule has 4 aliphatic rings. The summed E-state index contributed by atoms with van der Waals surface area (Å²) in [6.07, 6.45) is 4.99. The second-order valence-electron chi connectivity index (χ2n) is 12.0. The Kier molecular flexibility index (Phi) is 5.09. The minimum atomic E-state index is -0.730. The monoisotopic (exact) mass is 442 g/mol. The molecule has 0 radical (unpaired) electrons. The molecule has 1 aromatic carbocycles. The van der Waals surface area contributed by atoms with Crippen molar-refractivity contribution in [2.75, 3.05) is 6.61 Å². The molecule has 176 valence electrons. The molecule has 32 heavy (non-hydrogen) atoms. The summed E-state index contributed by atoms with van der Waals surface area (Å²) in [6.45, 7) is 6.16. The van der Waals surface area contributed by atoms with Crippen LogP contribution in [0.15, 0.2) is 30.3 Å². The Balaban J connectivity index is 1.57. The molecule has 5 rings (SSSR count). The van der Waals surface area contributed by atoms with E-state index in [9.17, 15) is 20.1 Å². The second kappa shape index (κ2) is 7.28. The molecule has 3 unspecified atom stereocenters. The summed E-state index contributed by atoms with van der Waals surface area (Å²) in [4.78, 5) is 13.1. The van der Waals surface area contributed by atoms with Crippen molar-refractivity contribution in [3.8, 4) is 0 Å². The average Bonchev–Trinajstić information content (AvgIpc) is 3.12. The van der Waals surface area contributed by atoms with E-state index in [1.807, 2.05) is 32.0 Å². The van der Waals surface area contributed by atoms with Crippen LogP contribution in [0.1, 0.15) is 76.1 Å². The minimum Gasteiger partial charge on any atom is -0.458 e. The molecule has 0 aromatic heterocycles. The maximum absolute atomic E-state index is 13.1. The molecular formula is C27H38O5. The predicted molar refractivity (Wildman–Crippen MR) is 121 cm³/mol. The molecule has 4 fully saturated rings. The van der Waals surface area contributed by atoms with E-state index in [-0.39, 0.29) is 41.3 Å². The number of aliphatic hydroxyl groups is 3. The third kappa shape index (κ3) is 2.90. The molecule has 0 amide bonds. The SMILES string of the molecule is C[C@]1(CO)C2[C@H](OC(=O)c3ccccc3)C[C@H]3CC4CC3(CC[C@@]4(C)O)[C@@]2(C)CC[C@H]1O. The molecule has 2 bridgehead atoms. The molecule has 1 spiro atoms. The van der Waals surface area contributed by atoms with Gasteiger partial charge in [0, 0.05) is 11.3 Å². The zero-order valence-electron chi connectivity index (χ0n) is 19.6. The van der Waals surface area contributed by atoms with E-state index in [4.69, 9.17) is 4.74 Å². The maximum Gasteiger partial charge on any atom is 0.338 e. The van der Waals surface area contributed by atoms with Gasteiger partial charge in [-0.25, -0.2) is 4.79 Å². The summed E-state index contributed by atoms with van der Waals surface area (Å²) >= 11 is 0. The van der Waals surface area contributed by atoms with Crippen molar-refractivity contribution in [2.24, 2.45) is 34.0 Å². The fourth-order valence-electron chi connectivity index (χ4n) is 8.79. The first-order valence-corrected chi connectivity index (χ1v) is 12.3. The lowest BCUT2D eigenvalue weighted by Crippen LogP contribution is -2.67. The largest absolute Gasteiger partial charge is 0.458 e. The Morgan fingerprint density at radius 3 is 2.47 bits per heavy atom. The van der Waals surface area contributed by atoms with Crippen LogP contribution in [0, 0.1) is 34.0 Å². The molecular weight excluding hydrogens is 404 g/mol. The highest BCUT2D eigenvalue weighted by molar-refractivity contribution is 5.89. The van der Waals surface area contributed by atoms with E-state index in [0.29, 0.717) is 17.9 Å². The van der Waals surface area contributed by atoms with Crippen molar-refractivity contribution in [3.63, 3.8) is 0 Å². The minimum absolute atomic E-state index is 0.0663. The van der Waals surface area contributed by atoms with E-state index in [1.165, 1.54) is 0 Å². The Morgan fingerprint density at radius 2 is 1.78 bits per heavy atom. The first-order chi connectivity index (χ1) is 15.1. The van der Waals surface area contributed by atoms with Gasteiger partial charge < -0.3 is 20.1 Å². The Morgan fingerprint density at radius 1 is 1.06 bits per heavy atom. The van der Waals surface area contributed by atoms with Crippen LogP contribution in [0.5, 0.6) is 0 Å². The van der Waals surface area contributed by atoms with Gasteiger partial charge >= 0.3 is 5.97 Å². The summed E-state index contributed by atoms with van der Waals surface area (Å²) in [5.41, 5.74) is -0.938. The first-order valence-electron chi connectivity index (χ1n) is 12.3. The molecule has 0 aliphatic heterocycles. The third-order valence-corrected chi connectivity index (χ3v) is 10.6. The molecule has 1 aromatic rings. The number of rotatable bonds is 3. The quantitative estimate of drug-likeness (QED) is 0.617. The molecule has 4 aliphatic carbocycles. The molecule has 5 heteroatoms. The van der Waals surface area contributed by atoms with Crippen molar-refractivity contribution in [3.05, 3.63) is 35.9 Å². The number of hydrogen-bond donors (Lipinski definition) is 3. The van der Waals surface area contributed by atoms with E-state index in [1.54, 1.807) is 12.1 Å². The van der Waals surface area contributed by atoms with Crippen LogP contribution in [0.4, 0.5) is 0 Å². The molecule has 5 nitrogen and oxygen atoms in total. The van der Waals surface area contributed by atoms with Gasteiger partial charge in [-0.2, -0.15) is 0 Å². The van der Waals surface area contributed by atoms with Gasteiger partial charge in [-0.05, 0) is 86.7 Å². The smallest absolute Gasteiger partial charge is 0.338 e. The summed E-state index contributed by atoms with van der Waals surface area (Å²) < 4.78 is 6.24. The van der Waals surface area contributed by atoms with Gasteiger partial charge in [0.25, 0.3) is 0 Å². The van der Waals surface area contributed by atoms with Crippen molar-refractivity contribution < 1.29 is 24.9 Å². The summed E-state index contributed by atoms with van der Waals surface area (Å²) in [5, 5.41) is 32.7. The highest BCUT2D eigenvalue weighted by Gasteiger charge is 2.72. The summed E-state index contributed by atoms with van der Waals surface area (Å²) in [7, 11) is 0. The van der Waals surface area contributed by atoms with Crippen molar-refractivity contribution in [1.82, 2.24) is 0 Å². The van der Waals surface area contributed by atoms with Gasteiger partial charge in [0.1, 0.15) is 6.10 Å². The number of esters is 1. The number of ether oxygens (including phenoxy) is 1. The lowest BCUT2D eigenvalue weighted by molar-refractivity contribution is -0.246.